The zero-order chi connectivity index (χ0) is 30.0. The van der Waals surface area contributed by atoms with E-state index in [4.69, 9.17) is 17.0 Å². The second-order valence-corrected chi connectivity index (χ2v) is 11.1. The van der Waals surface area contributed by atoms with E-state index in [0.717, 1.165) is 68.9 Å². The number of thiocarbonyl (C=S) groups is 1. The fourth-order valence-electron chi connectivity index (χ4n) is 5.09. The Labute approximate surface area is 245 Å². The molecular weight excluding hydrogens is 555 g/mol. The molecular formula is C29H40F3N5O3S. The lowest BCUT2D eigenvalue weighted by Gasteiger charge is -2.30. The van der Waals surface area contributed by atoms with E-state index in [9.17, 15) is 23.3 Å². The molecule has 0 spiro atoms. The summed E-state index contributed by atoms with van der Waals surface area (Å²) >= 11 is 5.41. The molecule has 0 aliphatic heterocycles. The van der Waals surface area contributed by atoms with Gasteiger partial charge in [0.2, 0.25) is 5.88 Å². The number of rotatable bonds is 13. The van der Waals surface area contributed by atoms with Crippen LogP contribution in [0.5, 0.6) is 5.88 Å². The Morgan fingerprint density at radius 2 is 1.93 bits per heavy atom. The van der Waals surface area contributed by atoms with Crippen LogP contribution in [0.4, 0.5) is 24.5 Å². The Morgan fingerprint density at radius 3 is 2.56 bits per heavy atom. The quantitative estimate of drug-likeness (QED) is 0.146. The Bertz CT molecular complexity index is 1160. The van der Waals surface area contributed by atoms with Gasteiger partial charge in [-0.3, -0.25) is 10.1 Å². The number of nitro groups is 1. The third kappa shape index (κ3) is 10.0. The molecule has 1 aromatic carbocycles. The minimum absolute atomic E-state index is 0.0297. The lowest BCUT2D eigenvalue weighted by Crippen LogP contribution is -2.39. The van der Waals surface area contributed by atoms with Crippen molar-refractivity contribution in [2.45, 2.75) is 83.5 Å². The summed E-state index contributed by atoms with van der Waals surface area (Å²) in [6.45, 7) is 6.30. The molecule has 0 radical (unpaired) electrons. The highest BCUT2D eigenvalue weighted by molar-refractivity contribution is 7.80. The smallest absolute Gasteiger partial charge is 0.423 e. The van der Waals surface area contributed by atoms with Crippen LogP contribution < -0.4 is 15.4 Å². The number of aromatic nitrogens is 1. The number of alkyl halides is 3. The second kappa shape index (κ2) is 15.2. The van der Waals surface area contributed by atoms with E-state index in [-0.39, 0.29) is 17.8 Å². The van der Waals surface area contributed by atoms with Gasteiger partial charge in [-0.15, -0.1) is 0 Å². The van der Waals surface area contributed by atoms with Gasteiger partial charge >= 0.3 is 6.18 Å². The zero-order valence-corrected chi connectivity index (χ0v) is 24.7. The minimum Gasteiger partial charge on any atom is -0.474 e. The van der Waals surface area contributed by atoms with Gasteiger partial charge in [-0.25, -0.2) is 4.98 Å². The van der Waals surface area contributed by atoms with E-state index in [1.807, 2.05) is 19.2 Å². The minimum atomic E-state index is -4.80. The van der Waals surface area contributed by atoms with Crippen LogP contribution in [0.3, 0.4) is 0 Å². The molecule has 1 aromatic heterocycles. The Kier molecular flexibility index (Phi) is 12.0. The topological polar surface area (TPSA) is 92.6 Å². The number of pyridine rings is 1. The molecule has 226 valence electrons. The Hall–Kier alpha value is -3.15. The molecule has 2 N–H and O–H groups in total. The number of benzene rings is 1. The van der Waals surface area contributed by atoms with Crippen LogP contribution in [0.1, 0.15) is 69.9 Å². The number of anilines is 1. The van der Waals surface area contributed by atoms with Crippen molar-refractivity contribution >= 4 is 28.7 Å². The molecule has 0 saturated heterocycles. The van der Waals surface area contributed by atoms with Gasteiger partial charge in [-0.1, -0.05) is 13.8 Å². The summed E-state index contributed by atoms with van der Waals surface area (Å²) in [4.78, 5) is 16.6. The summed E-state index contributed by atoms with van der Waals surface area (Å²) in [6, 6.07) is 7.00. The van der Waals surface area contributed by atoms with E-state index >= 15 is 0 Å². The largest absolute Gasteiger partial charge is 0.474 e. The number of nitrogens with zero attached hydrogens (tertiary/aromatic N) is 3. The molecule has 1 fully saturated rings. The summed E-state index contributed by atoms with van der Waals surface area (Å²) < 4.78 is 46.1. The van der Waals surface area contributed by atoms with Gasteiger partial charge in [0.15, 0.2) is 5.11 Å². The van der Waals surface area contributed by atoms with Gasteiger partial charge in [0.05, 0.1) is 4.92 Å². The number of ether oxygens (including phenoxy) is 1. The first-order valence-corrected chi connectivity index (χ1v) is 14.6. The van der Waals surface area contributed by atoms with Crippen LogP contribution in [0.25, 0.3) is 0 Å². The average Bonchev–Trinajstić information content (AvgIpc) is 2.94. The lowest BCUT2D eigenvalue weighted by molar-refractivity contribution is -0.388. The fraction of sp³-hybridized carbons (Fsp3) is 0.586. The highest BCUT2D eigenvalue weighted by Gasteiger charge is 2.38. The fourth-order valence-corrected chi connectivity index (χ4v) is 5.27. The van der Waals surface area contributed by atoms with E-state index in [0.29, 0.717) is 24.6 Å². The Balaban J connectivity index is 1.46. The molecule has 1 unspecified atom stereocenters. The monoisotopic (exact) mass is 595 g/mol. The summed E-state index contributed by atoms with van der Waals surface area (Å²) in [5.41, 5.74) is -0.802. The molecule has 8 nitrogen and oxygen atoms in total. The average molecular weight is 596 g/mol. The number of hydrogen-bond acceptors (Lipinski definition) is 6. The first-order chi connectivity index (χ1) is 19.5. The van der Waals surface area contributed by atoms with Crippen molar-refractivity contribution in [1.29, 1.82) is 0 Å². The summed E-state index contributed by atoms with van der Waals surface area (Å²) in [5.74, 6) is 1.13. The SMILES string of the molecule is CCCN(CCC(C)CCc1ccnc(O[C@H]2CC[C@H](Nc3ccc([N+](=O)[O-])c(C(F)(F)F)c3)CC2)c1)C(=S)NC. The van der Waals surface area contributed by atoms with E-state index in [1.54, 1.807) is 6.20 Å². The standard InChI is InChI=1S/C29H40F3N5O3S/c1-4-16-36(28(41)33-3)17-14-20(2)5-6-21-13-15-34-27(18-21)40-24-10-7-22(8-11-24)35-23-9-12-26(37(38)39)25(19-23)29(30,31)32/h9,12-13,15,18-20,22,24,35H,4-8,10-11,14,16-17H2,1-3H3,(H,33,41)/t20?,22-,24-. The number of hydrogen-bond donors (Lipinski definition) is 2. The zero-order valence-electron chi connectivity index (χ0n) is 23.9. The normalized spacial score (nSPS) is 17.9. The van der Waals surface area contributed by atoms with Gasteiger partial charge in [0, 0.05) is 50.2 Å². The third-order valence-electron chi connectivity index (χ3n) is 7.44. The van der Waals surface area contributed by atoms with E-state index < -0.39 is 22.4 Å². The molecule has 1 saturated carbocycles. The molecule has 0 amide bonds. The van der Waals surface area contributed by atoms with Gasteiger partial charge in [0.1, 0.15) is 11.7 Å². The molecule has 1 aliphatic rings. The van der Waals surface area contributed by atoms with E-state index in [2.05, 4.69) is 34.4 Å². The first-order valence-electron chi connectivity index (χ1n) is 14.2. The molecule has 0 bridgehead atoms. The highest BCUT2D eigenvalue weighted by Crippen LogP contribution is 2.38. The van der Waals surface area contributed by atoms with Crippen molar-refractivity contribution in [3.05, 3.63) is 57.8 Å². The van der Waals surface area contributed by atoms with E-state index in [1.165, 1.54) is 11.6 Å². The lowest BCUT2D eigenvalue weighted by atomic mass is 9.92. The maximum absolute atomic E-state index is 13.3. The van der Waals surface area contributed by atoms with Gasteiger partial charge < -0.3 is 20.3 Å². The number of nitro benzene ring substituents is 1. The second-order valence-electron chi connectivity index (χ2n) is 10.7. The van der Waals surface area contributed by atoms with Crippen molar-refractivity contribution in [3.8, 4) is 5.88 Å². The number of halogens is 3. The van der Waals surface area contributed by atoms with Crippen LogP contribution in [-0.2, 0) is 12.6 Å². The number of aryl methyl sites for hydroxylation is 1. The van der Waals surface area contributed by atoms with Crippen LogP contribution in [-0.4, -0.2) is 52.2 Å². The van der Waals surface area contributed by atoms with Crippen molar-refractivity contribution < 1.29 is 22.8 Å². The van der Waals surface area contributed by atoms with Crippen LogP contribution in [0.2, 0.25) is 0 Å². The van der Waals surface area contributed by atoms with Crippen LogP contribution in [0, 0.1) is 16.0 Å². The van der Waals surface area contributed by atoms with Crippen molar-refractivity contribution in [1.82, 2.24) is 15.2 Å². The molecule has 1 atom stereocenters. The maximum Gasteiger partial charge on any atom is 0.423 e. The van der Waals surface area contributed by atoms with Crippen LogP contribution >= 0.6 is 12.2 Å². The Morgan fingerprint density at radius 1 is 1.20 bits per heavy atom. The predicted molar refractivity (Wildman–Crippen MR) is 158 cm³/mol. The van der Waals surface area contributed by atoms with Crippen molar-refractivity contribution in [2.75, 3.05) is 25.5 Å². The molecule has 41 heavy (non-hydrogen) atoms. The van der Waals surface area contributed by atoms with Crippen molar-refractivity contribution in [3.63, 3.8) is 0 Å². The highest BCUT2D eigenvalue weighted by atomic mass is 32.1. The molecule has 12 heteroatoms. The summed E-state index contributed by atoms with van der Waals surface area (Å²) in [5, 5.41) is 18.0. The molecule has 1 heterocycles. The molecule has 1 aliphatic carbocycles. The van der Waals surface area contributed by atoms with Crippen LogP contribution in [0.15, 0.2) is 36.5 Å². The van der Waals surface area contributed by atoms with Gasteiger partial charge in [0.25, 0.3) is 5.69 Å². The molecule has 3 rings (SSSR count). The predicted octanol–water partition coefficient (Wildman–Crippen LogP) is 6.99. The molecule has 2 aromatic rings. The third-order valence-corrected chi connectivity index (χ3v) is 7.90. The van der Waals surface area contributed by atoms with Crippen molar-refractivity contribution in [2.24, 2.45) is 5.92 Å². The maximum atomic E-state index is 13.3. The summed E-state index contributed by atoms with van der Waals surface area (Å²) in [7, 11) is 1.86. The first kappa shape index (κ1) is 32.4. The number of nitrogens with one attached hydrogen (secondary N) is 2. The van der Waals surface area contributed by atoms with Gasteiger partial charge in [-0.05, 0) is 93.3 Å². The van der Waals surface area contributed by atoms with Gasteiger partial charge in [-0.2, -0.15) is 13.2 Å². The summed E-state index contributed by atoms with van der Waals surface area (Å²) in [6.07, 6.45) is 3.87.